The summed E-state index contributed by atoms with van der Waals surface area (Å²) in [5, 5.41) is 27.3. The molecule has 2 atom stereocenters. The van der Waals surface area contributed by atoms with E-state index < -0.39 is 28.9 Å². The van der Waals surface area contributed by atoms with Crippen LogP contribution in [0, 0.1) is 5.41 Å². The molecule has 9 nitrogen and oxygen atoms in total. The largest absolute Gasteiger partial charge is 0.383 e. The molecule has 0 aliphatic heterocycles. The molecule has 11 heteroatoms. The van der Waals surface area contributed by atoms with Crippen molar-refractivity contribution in [2.45, 2.75) is 38.8 Å². The van der Waals surface area contributed by atoms with Crippen LogP contribution in [0.4, 0.5) is 8.78 Å². The Balaban J connectivity index is 1.80. The Morgan fingerprint density at radius 2 is 1.75 bits per heavy atom. The number of nitrogens with zero attached hydrogens (tertiary/aromatic N) is 4. The first-order valence-electron chi connectivity index (χ1n) is 9.73. The highest BCUT2D eigenvalue weighted by molar-refractivity contribution is 5.82. The van der Waals surface area contributed by atoms with Gasteiger partial charge in [0.25, 0.3) is 17.9 Å². The molecular formula is C21H23F2N5O4. The Bertz CT molecular complexity index is 1130. The Labute approximate surface area is 181 Å². The standard InChI is InChI=1S/C21H23F2N5O4/c1-20(19(30)26-32,21(2,31)18(22)23)8-12-27-11-7-15(13-17(27)29)14-3-5-16(6-4-14)28-24-9-10-25-28/h3-7,9-11,13,18,31-32H,8,12H2,1-2H3,(H,26,30). The monoisotopic (exact) mass is 447 g/mol. The SMILES string of the molecule is CC(CCn1ccc(-c2ccc(-n3nccn3)cc2)cc1=O)(C(=O)NO)C(C)(O)C(F)F. The number of aryl methyl sites for hydroxylation is 1. The van der Waals surface area contributed by atoms with Gasteiger partial charge in [-0.2, -0.15) is 15.0 Å². The zero-order valence-electron chi connectivity index (χ0n) is 17.4. The van der Waals surface area contributed by atoms with E-state index in [0.29, 0.717) is 5.56 Å². The summed E-state index contributed by atoms with van der Waals surface area (Å²) in [6.45, 7) is 1.80. The van der Waals surface area contributed by atoms with Crippen molar-refractivity contribution in [1.29, 1.82) is 0 Å². The molecule has 0 bridgehead atoms. The lowest BCUT2D eigenvalue weighted by atomic mass is 9.71. The molecule has 2 heterocycles. The average Bonchev–Trinajstić information content (AvgIpc) is 3.32. The van der Waals surface area contributed by atoms with Crippen LogP contribution in [0.3, 0.4) is 0 Å². The number of halogens is 2. The van der Waals surface area contributed by atoms with Crippen molar-refractivity contribution in [2.24, 2.45) is 5.41 Å². The summed E-state index contributed by atoms with van der Waals surface area (Å²) in [6.07, 6.45) is 1.03. The number of hydrogen-bond acceptors (Lipinski definition) is 6. The van der Waals surface area contributed by atoms with E-state index in [2.05, 4.69) is 10.2 Å². The van der Waals surface area contributed by atoms with Crippen LogP contribution in [0.1, 0.15) is 20.3 Å². The Morgan fingerprint density at radius 1 is 1.12 bits per heavy atom. The van der Waals surface area contributed by atoms with Gasteiger partial charge in [0.1, 0.15) is 5.60 Å². The number of carbonyl (C=O) groups is 1. The number of rotatable bonds is 8. The molecule has 32 heavy (non-hydrogen) atoms. The van der Waals surface area contributed by atoms with E-state index in [0.717, 1.165) is 25.1 Å². The number of hydroxylamine groups is 1. The van der Waals surface area contributed by atoms with Gasteiger partial charge < -0.3 is 9.67 Å². The number of aromatic nitrogens is 4. The number of carbonyl (C=O) groups excluding carboxylic acids is 1. The summed E-state index contributed by atoms with van der Waals surface area (Å²) in [5.41, 5.74) is -1.70. The van der Waals surface area contributed by atoms with Gasteiger partial charge in [-0.1, -0.05) is 12.1 Å². The summed E-state index contributed by atoms with van der Waals surface area (Å²) in [4.78, 5) is 26.1. The van der Waals surface area contributed by atoms with Gasteiger partial charge in [-0.25, -0.2) is 14.3 Å². The predicted molar refractivity (Wildman–Crippen MR) is 110 cm³/mol. The molecule has 170 valence electrons. The van der Waals surface area contributed by atoms with Crippen molar-refractivity contribution in [3.8, 4) is 16.8 Å². The van der Waals surface area contributed by atoms with Crippen LogP contribution in [-0.4, -0.2) is 47.8 Å². The second kappa shape index (κ2) is 8.97. The molecule has 1 aromatic carbocycles. The summed E-state index contributed by atoms with van der Waals surface area (Å²) in [6, 6.07) is 10.3. The van der Waals surface area contributed by atoms with Crippen molar-refractivity contribution in [2.75, 3.05) is 0 Å². The van der Waals surface area contributed by atoms with Gasteiger partial charge in [-0.3, -0.25) is 14.8 Å². The van der Waals surface area contributed by atoms with Crippen LogP contribution in [0.5, 0.6) is 0 Å². The third-order valence-corrected chi connectivity index (χ3v) is 5.84. The van der Waals surface area contributed by atoms with Gasteiger partial charge in [0.05, 0.1) is 23.5 Å². The first kappa shape index (κ1) is 23.2. The van der Waals surface area contributed by atoms with Crippen LogP contribution < -0.4 is 11.0 Å². The lowest BCUT2D eigenvalue weighted by Crippen LogP contribution is -2.57. The predicted octanol–water partition coefficient (Wildman–Crippen LogP) is 2.01. The van der Waals surface area contributed by atoms with Crippen molar-refractivity contribution >= 4 is 5.91 Å². The molecule has 0 aliphatic rings. The van der Waals surface area contributed by atoms with E-state index in [1.165, 1.54) is 27.1 Å². The normalized spacial score (nSPS) is 15.2. The molecule has 0 saturated heterocycles. The maximum Gasteiger partial charge on any atom is 0.267 e. The fraction of sp³-hybridized carbons (Fsp3) is 0.333. The Morgan fingerprint density at radius 3 is 2.28 bits per heavy atom. The van der Waals surface area contributed by atoms with Crippen molar-refractivity contribution < 1.29 is 23.9 Å². The second-order valence-corrected chi connectivity index (χ2v) is 7.78. The topological polar surface area (TPSA) is 122 Å². The van der Waals surface area contributed by atoms with Gasteiger partial charge in [0.15, 0.2) is 0 Å². The highest BCUT2D eigenvalue weighted by Crippen LogP contribution is 2.39. The lowest BCUT2D eigenvalue weighted by Gasteiger charge is -2.40. The molecule has 3 aromatic rings. The zero-order chi connectivity index (χ0) is 23.5. The second-order valence-electron chi connectivity index (χ2n) is 7.78. The van der Waals surface area contributed by atoms with Gasteiger partial charge in [0, 0.05) is 18.8 Å². The number of alkyl halides is 2. The van der Waals surface area contributed by atoms with Crippen LogP contribution in [0.2, 0.25) is 0 Å². The number of pyridine rings is 1. The van der Waals surface area contributed by atoms with Crippen LogP contribution in [-0.2, 0) is 11.3 Å². The fourth-order valence-electron chi connectivity index (χ4n) is 3.31. The average molecular weight is 447 g/mol. The third kappa shape index (κ3) is 4.30. The molecule has 0 aliphatic carbocycles. The van der Waals surface area contributed by atoms with Crippen molar-refractivity contribution in [3.05, 3.63) is 65.3 Å². The smallest absolute Gasteiger partial charge is 0.267 e. The quantitative estimate of drug-likeness (QED) is 0.359. The minimum Gasteiger partial charge on any atom is -0.383 e. The van der Waals surface area contributed by atoms with E-state index in [-0.39, 0.29) is 13.0 Å². The van der Waals surface area contributed by atoms with Gasteiger partial charge >= 0.3 is 0 Å². The Hall–Kier alpha value is -3.44. The first-order valence-corrected chi connectivity index (χ1v) is 9.73. The molecule has 2 aromatic heterocycles. The maximum atomic E-state index is 13.4. The summed E-state index contributed by atoms with van der Waals surface area (Å²) in [7, 11) is 0. The molecule has 0 saturated carbocycles. The van der Waals surface area contributed by atoms with Gasteiger partial charge in [-0.15, -0.1) is 0 Å². The van der Waals surface area contributed by atoms with E-state index in [1.807, 2.05) is 0 Å². The molecule has 3 N–H and O–H groups in total. The zero-order valence-corrected chi connectivity index (χ0v) is 17.4. The third-order valence-electron chi connectivity index (χ3n) is 5.84. The first-order chi connectivity index (χ1) is 15.1. The van der Waals surface area contributed by atoms with E-state index >= 15 is 0 Å². The summed E-state index contributed by atoms with van der Waals surface area (Å²) < 4.78 is 28.0. The number of aliphatic hydroxyl groups is 1. The van der Waals surface area contributed by atoms with E-state index in [1.54, 1.807) is 42.7 Å². The number of hydrogen-bond donors (Lipinski definition) is 3. The highest BCUT2D eigenvalue weighted by atomic mass is 19.3. The summed E-state index contributed by atoms with van der Waals surface area (Å²) >= 11 is 0. The minimum atomic E-state index is -3.25. The Kier molecular flexibility index (Phi) is 6.51. The number of nitrogens with one attached hydrogen (secondary N) is 1. The molecule has 1 amide bonds. The number of benzene rings is 1. The molecule has 0 radical (unpaired) electrons. The fourth-order valence-corrected chi connectivity index (χ4v) is 3.31. The van der Waals surface area contributed by atoms with Crippen LogP contribution >= 0.6 is 0 Å². The van der Waals surface area contributed by atoms with Crippen molar-refractivity contribution in [3.63, 3.8) is 0 Å². The summed E-state index contributed by atoms with van der Waals surface area (Å²) in [5.74, 6) is -1.17. The lowest BCUT2D eigenvalue weighted by molar-refractivity contribution is -0.183. The molecule has 0 spiro atoms. The van der Waals surface area contributed by atoms with E-state index in [4.69, 9.17) is 5.21 Å². The maximum absolute atomic E-state index is 13.4. The minimum absolute atomic E-state index is 0.129. The molecule has 3 rings (SSSR count). The highest BCUT2D eigenvalue weighted by Gasteiger charge is 2.54. The molecule has 0 fully saturated rings. The van der Waals surface area contributed by atoms with E-state index in [9.17, 15) is 23.5 Å². The van der Waals surface area contributed by atoms with Crippen LogP contribution in [0.15, 0.2) is 59.8 Å². The van der Waals surface area contributed by atoms with Gasteiger partial charge in [0.2, 0.25) is 0 Å². The molecule has 2 unspecified atom stereocenters. The van der Waals surface area contributed by atoms with Crippen LogP contribution in [0.25, 0.3) is 16.8 Å². The van der Waals surface area contributed by atoms with Gasteiger partial charge in [-0.05, 0) is 49.6 Å². The molecular weight excluding hydrogens is 424 g/mol. The number of amides is 1. The van der Waals surface area contributed by atoms with Crippen molar-refractivity contribution in [1.82, 2.24) is 25.0 Å².